The zero-order valence-corrected chi connectivity index (χ0v) is 11.1. The summed E-state index contributed by atoms with van der Waals surface area (Å²) in [6.45, 7) is 9.65. The smallest absolute Gasteiger partial charge is 0.0235 e. The summed E-state index contributed by atoms with van der Waals surface area (Å²) < 4.78 is 0. The summed E-state index contributed by atoms with van der Waals surface area (Å²) >= 11 is 0. The van der Waals surface area contributed by atoms with Gasteiger partial charge in [-0.2, -0.15) is 0 Å². The molecule has 1 saturated heterocycles. The lowest BCUT2D eigenvalue weighted by molar-refractivity contribution is 0.104. The highest BCUT2D eigenvalue weighted by Gasteiger charge is 2.23. The summed E-state index contributed by atoms with van der Waals surface area (Å²) in [7, 11) is 4.40. The van der Waals surface area contributed by atoms with Gasteiger partial charge in [0.2, 0.25) is 0 Å². The van der Waals surface area contributed by atoms with Crippen LogP contribution in [-0.4, -0.2) is 55.6 Å². The molecule has 3 heteroatoms. The van der Waals surface area contributed by atoms with E-state index >= 15 is 0 Å². The molecule has 0 aromatic carbocycles. The Kier molecular flexibility index (Phi) is 5.46. The number of rotatable bonds is 5. The van der Waals surface area contributed by atoms with Crippen LogP contribution in [0.4, 0.5) is 0 Å². The molecule has 2 N–H and O–H groups in total. The van der Waals surface area contributed by atoms with Gasteiger partial charge in [0.1, 0.15) is 0 Å². The van der Waals surface area contributed by atoms with Gasteiger partial charge in [0.25, 0.3) is 0 Å². The minimum absolute atomic E-state index is 0.270. The van der Waals surface area contributed by atoms with Crippen LogP contribution in [0.25, 0.3) is 0 Å². The Morgan fingerprint density at radius 1 is 1.44 bits per heavy atom. The van der Waals surface area contributed by atoms with Crippen molar-refractivity contribution in [3.63, 3.8) is 0 Å². The second-order valence-corrected chi connectivity index (χ2v) is 5.20. The number of likely N-dealkylation sites (N-methyl/N-ethyl adjacent to an activating group) is 2. The third-order valence-corrected chi connectivity index (χ3v) is 3.61. The zero-order valence-electron chi connectivity index (χ0n) is 11.1. The quantitative estimate of drug-likeness (QED) is 0.716. The molecular weight excluding hydrogens is 198 g/mol. The first-order chi connectivity index (χ1) is 7.52. The van der Waals surface area contributed by atoms with E-state index in [1.165, 1.54) is 12.1 Å². The molecule has 16 heavy (non-hydrogen) atoms. The molecule has 1 heterocycles. The van der Waals surface area contributed by atoms with Crippen molar-refractivity contribution in [1.29, 1.82) is 0 Å². The van der Waals surface area contributed by atoms with Crippen molar-refractivity contribution in [3.05, 3.63) is 12.2 Å². The van der Waals surface area contributed by atoms with Gasteiger partial charge in [-0.15, -0.1) is 0 Å². The van der Waals surface area contributed by atoms with Crippen LogP contribution >= 0.6 is 0 Å². The average molecular weight is 225 g/mol. The molecule has 0 radical (unpaired) electrons. The third kappa shape index (κ3) is 4.24. The zero-order chi connectivity index (χ0) is 12.1. The Labute approximate surface area is 100 Å². The van der Waals surface area contributed by atoms with Crippen molar-refractivity contribution in [3.8, 4) is 0 Å². The Morgan fingerprint density at radius 2 is 2.12 bits per heavy atom. The maximum atomic E-state index is 6.18. The lowest BCUT2D eigenvalue weighted by Crippen LogP contribution is -2.51. The summed E-state index contributed by atoms with van der Waals surface area (Å²) in [5.74, 6) is 0. The summed E-state index contributed by atoms with van der Waals surface area (Å²) in [5.41, 5.74) is 7.46. The molecule has 1 rings (SSSR count). The molecule has 0 amide bonds. The summed E-state index contributed by atoms with van der Waals surface area (Å²) in [4.78, 5) is 4.83. The number of nitrogens with two attached hydrogens (primary N) is 1. The van der Waals surface area contributed by atoms with Crippen molar-refractivity contribution in [2.75, 3.05) is 33.7 Å². The number of hydrogen-bond donors (Lipinski definition) is 1. The third-order valence-electron chi connectivity index (χ3n) is 3.61. The molecule has 3 nitrogen and oxygen atoms in total. The second kappa shape index (κ2) is 6.38. The maximum Gasteiger partial charge on any atom is 0.0235 e. The highest BCUT2D eigenvalue weighted by Crippen LogP contribution is 2.15. The summed E-state index contributed by atoms with van der Waals surface area (Å²) in [6.07, 6.45) is 3.11. The summed E-state index contributed by atoms with van der Waals surface area (Å²) in [5, 5.41) is 0. The first-order valence-electron chi connectivity index (χ1n) is 6.34. The number of piperazine rings is 1. The van der Waals surface area contributed by atoms with Crippen molar-refractivity contribution in [1.82, 2.24) is 9.80 Å². The van der Waals surface area contributed by atoms with Gasteiger partial charge in [-0.05, 0) is 33.4 Å². The Balaban J connectivity index is 2.36. The van der Waals surface area contributed by atoms with E-state index in [-0.39, 0.29) is 6.04 Å². The standard InChI is InChI=1S/C13H27N3/c1-5-11(2)8-12(14)9-13-10-15(3)6-7-16(13)4/h12-13H,2,5-10,14H2,1,3-4H3. The van der Waals surface area contributed by atoms with E-state index in [4.69, 9.17) is 5.73 Å². The van der Waals surface area contributed by atoms with Gasteiger partial charge in [-0.1, -0.05) is 19.1 Å². The van der Waals surface area contributed by atoms with E-state index < -0.39 is 0 Å². The first kappa shape index (κ1) is 13.7. The molecule has 1 fully saturated rings. The first-order valence-corrected chi connectivity index (χ1v) is 6.34. The topological polar surface area (TPSA) is 32.5 Å². The van der Waals surface area contributed by atoms with Crippen LogP contribution in [0.15, 0.2) is 12.2 Å². The highest BCUT2D eigenvalue weighted by atomic mass is 15.3. The Morgan fingerprint density at radius 3 is 2.75 bits per heavy atom. The predicted molar refractivity (Wildman–Crippen MR) is 70.6 cm³/mol. The fourth-order valence-electron chi connectivity index (χ4n) is 2.30. The molecule has 1 aliphatic rings. The lowest BCUT2D eigenvalue weighted by Gasteiger charge is -2.38. The van der Waals surface area contributed by atoms with E-state index in [2.05, 4.69) is 37.4 Å². The molecule has 1 aliphatic heterocycles. The van der Waals surface area contributed by atoms with Crippen LogP contribution in [0.2, 0.25) is 0 Å². The second-order valence-electron chi connectivity index (χ2n) is 5.20. The van der Waals surface area contributed by atoms with Crippen molar-refractivity contribution in [2.24, 2.45) is 5.73 Å². The van der Waals surface area contributed by atoms with Gasteiger partial charge in [-0.3, -0.25) is 0 Å². The normalized spacial score (nSPS) is 25.6. The average Bonchev–Trinajstić information content (AvgIpc) is 2.23. The van der Waals surface area contributed by atoms with Gasteiger partial charge in [0.15, 0.2) is 0 Å². The number of hydrogen-bond acceptors (Lipinski definition) is 3. The molecule has 2 unspecified atom stereocenters. The minimum Gasteiger partial charge on any atom is -0.327 e. The van der Waals surface area contributed by atoms with Crippen LogP contribution in [-0.2, 0) is 0 Å². The molecule has 0 saturated carbocycles. The molecule has 0 aromatic heterocycles. The molecule has 0 spiro atoms. The molecule has 0 bridgehead atoms. The van der Waals surface area contributed by atoms with Gasteiger partial charge in [-0.25, -0.2) is 0 Å². The highest BCUT2D eigenvalue weighted by molar-refractivity contribution is 4.97. The largest absolute Gasteiger partial charge is 0.327 e. The van der Waals surface area contributed by atoms with Gasteiger partial charge in [0.05, 0.1) is 0 Å². The van der Waals surface area contributed by atoms with Gasteiger partial charge in [0, 0.05) is 31.7 Å². The van der Waals surface area contributed by atoms with E-state index in [9.17, 15) is 0 Å². The maximum absolute atomic E-state index is 6.18. The monoisotopic (exact) mass is 225 g/mol. The number of nitrogens with zero attached hydrogens (tertiary/aromatic N) is 2. The molecule has 0 aromatic rings. The fourth-order valence-corrected chi connectivity index (χ4v) is 2.30. The van der Waals surface area contributed by atoms with Crippen LogP contribution in [0.3, 0.4) is 0 Å². The lowest BCUT2D eigenvalue weighted by atomic mass is 9.98. The van der Waals surface area contributed by atoms with Crippen LogP contribution < -0.4 is 5.73 Å². The molecule has 94 valence electrons. The van der Waals surface area contributed by atoms with Gasteiger partial charge < -0.3 is 15.5 Å². The van der Waals surface area contributed by atoms with Crippen molar-refractivity contribution < 1.29 is 0 Å². The molecule has 0 aliphatic carbocycles. The molecular formula is C13H27N3. The van der Waals surface area contributed by atoms with Crippen LogP contribution in [0.1, 0.15) is 26.2 Å². The van der Waals surface area contributed by atoms with Crippen LogP contribution in [0.5, 0.6) is 0 Å². The van der Waals surface area contributed by atoms with E-state index in [1.54, 1.807) is 0 Å². The van der Waals surface area contributed by atoms with E-state index in [0.717, 1.165) is 32.4 Å². The summed E-state index contributed by atoms with van der Waals surface area (Å²) in [6, 6.07) is 0.879. The van der Waals surface area contributed by atoms with E-state index in [0.29, 0.717) is 6.04 Å². The molecule has 2 atom stereocenters. The predicted octanol–water partition coefficient (Wildman–Crippen LogP) is 1.31. The van der Waals surface area contributed by atoms with Crippen LogP contribution in [0, 0.1) is 0 Å². The van der Waals surface area contributed by atoms with Gasteiger partial charge >= 0.3 is 0 Å². The van der Waals surface area contributed by atoms with Crippen molar-refractivity contribution >= 4 is 0 Å². The van der Waals surface area contributed by atoms with Crippen molar-refractivity contribution in [2.45, 2.75) is 38.3 Å². The Hall–Kier alpha value is -0.380. The van der Waals surface area contributed by atoms with E-state index in [1.807, 2.05) is 0 Å². The minimum atomic E-state index is 0.270. The fraction of sp³-hybridized carbons (Fsp3) is 0.846. The SMILES string of the molecule is C=C(CC)CC(N)CC1CN(C)CCN1C. The Bertz CT molecular complexity index is 227.